The second-order valence-corrected chi connectivity index (χ2v) is 2.61. The highest BCUT2D eigenvalue weighted by Gasteiger charge is 2.14. The van der Waals surface area contributed by atoms with Crippen LogP contribution in [0.1, 0.15) is 0 Å². The van der Waals surface area contributed by atoms with Crippen molar-refractivity contribution < 1.29 is 5.06 Å². The summed E-state index contributed by atoms with van der Waals surface area (Å²) in [5.41, 5.74) is 1.22. The van der Waals surface area contributed by atoms with Crippen molar-refractivity contribution in [3.63, 3.8) is 0 Å². The van der Waals surface area contributed by atoms with Gasteiger partial charge in [0.15, 0.2) is 12.0 Å². The molecule has 0 saturated heterocycles. The normalized spacial score (nSPS) is 20.4. The van der Waals surface area contributed by atoms with Gasteiger partial charge in [-0.05, 0) is 6.07 Å². The monoisotopic (exact) mass is 167 g/mol. The molecule has 1 aliphatic rings. The molecule has 1 aromatic rings. The van der Waals surface area contributed by atoms with E-state index < -0.39 is 0 Å². The van der Waals surface area contributed by atoms with E-state index in [1.165, 1.54) is 6.34 Å². The molecule has 1 atom stereocenters. The maximum absolute atomic E-state index is 11.0. The number of rotatable bonds is 0. The summed E-state index contributed by atoms with van der Waals surface area (Å²) in [5, 5.41) is 11.4. The maximum Gasteiger partial charge on any atom is 0.194 e. The van der Waals surface area contributed by atoms with E-state index in [9.17, 15) is 5.21 Å². The van der Waals surface area contributed by atoms with Crippen molar-refractivity contribution in [3.05, 3.63) is 28.4 Å². The van der Waals surface area contributed by atoms with Gasteiger partial charge in [-0.1, -0.05) is 11.6 Å². The van der Waals surface area contributed by atoms with Gasteiger partial charge >= 0.3 is 0 Å². The summed E-state index contributed by atoms with van der Waals surface area (Å²) in [6, 6.07) is 5.94. The summed E-state index contributed by atoms with van der Waals surface area (Å²) in [7, 11) is 0. The van der Waals surface area contributed by atoms with Crippen LogP contribution < -0.4 is 5.06 Å². The fourth-order valence-electron chi connectivity index (χ4n) is 0.959. The molecule has 2 rings (SSSR count). The lowest BCUT2D eigenvalue weighted by molar-refractivity contribution is -0.655. The van der Waals surface area contributed by atoms with Gasteiger partial charge in [0.25, 0.3) is 0 Å². The van der Waals surface area contributed by atoms with Gasteiger partial charge in [0.2, 0.25) is 0 Å². The van der Waals surface area contributed by atoms with Crippen molar-refractivity contribution in [2.45, 2.75) is 0 Å². The van der Waals surface area contributed by atoms with Crippen molar-refractivity contribution in [1.82, 2.24) is 0 Å². The van der Waals surface area contributed by atoms with Crippen LogP contribution in [-0.4, -0.2) is 6.34 Å². The molecule has 1 heterocycles. The largest absolute Gasteiger partial charge is 0.623 e. The van der Waals surface area contributed by atoms with Crippen LogP contribution in [0.5, 0.6) is 0 Å². The zero-order valence-corrected chi connectivity index (χ0v) is 6.22. The highest BCUT2D eigenvalue weighted by atomic mass is 35.5. The van der Waals surface area contributed by atoms with Crippen LogP contribution in [-0.2, 0) is 0 Å². The number of nitrogens with one attached hydrogen (secondary N) is 1. The van der Waals surface area contributed by atoms with Gasteiger partial charge < -0.3 is 5.21 Å². The van der Waals surface area contributed by atoms with Crippen LogP contribution in [0, 0.1) is 11.3 Å². The number of hydroxylamine groups is 1. The van der Waals surface area contributed by atoms with Crippen molar-refractivity contribution >= 4 is 29.3 Å². The summed E-state index contributed by atoms with van der Waals surface area (Å²) in [6.45, 7) is 0. The Morgan fingerprint density at radius 3 is 3.27 bits per heavy atom. The molecule has 0 fully saturated rings. The van der Waals surface area contributed by atoms with E-state index in [1.54, 1.807) is 12.1 Å². The predicted octanol–water partition coefficient (Wildman–Crippen LogP) is 0.828. The summed E-state index contributed by atoms with van der Waals surface area (Å²) in [6.07, 6.45) is 1.29. The second-order valence-electron chi connectivity index (χ2n) is 2.20. The average Bonchev–Trinajstić information content (AvgIpc) is 2.33. The van der Waals surface area contributed by atoms with Gasteiger partial charge in [-0.2, -0.15) is 4.99 Å². The first-order valence-corrected chi connectivity index (χ1v) is 3.45. The van der Waals surface area contributed by atoms with Gasteiger partial charge in [-0.3, -0.25) is 5.06 Å². The maximum atomic E-state index is 11.0. The quantitative estimate of drug-likeness (QED) is 0.572. The second kappa shape index (κ2) is 2.30. The Kier molecular flexibility index (Phi) is 1.42. The zero-order chi connectivity index (χ0) is 7.84. The summed E-state index contributed by atoms with van der Waals surface area (Å²) in [4.78, 5) is 3.86. The van der Waals surface area contributed by atoms with Crippen molar-refractivity contribution in [2.75, 3.05) is 0 Å². The van der Waals surface area contributed by atoms with Crippen LogP contribution in [0.2, 0.25) is 5.02 Å². The molecule has 11 heavy (non-hydrogen) atoms. The molecule has 0 spiro atoms. The lowest BCUT2D eigenvalue weighted by atomic mass is 10.3. The van der Waals surface area contributed by atoms with E-state index in [-0.39, 0.29) is 5.06 Å². The molecule has 0 saturated carbocycles. The Morgan fingerprint density at radius 2 is 2.45 bits per heavy atom. The molecule has 3 nitrogen and oxygen atoms in total. The Labute approximate surface area is 68.5 Å². The highest BCUT2D eigenvalue weighted by molar-refractivity contribution is 6.30. The van der Waals surface area contributed by atoms with Gasteiger partial charge in [0, 0.05) is 12.1 Å². The minimum Gasteiger partial charge on any atom is -0.623 e. The first-order chi connectivity index (χ1) is 5.27. The number of nitrogens with zero attached hydrogens (tertiary/aromatic N) is 1. The Balaban J connectivity index is 2.58. The Morgan fingerprint density at radius 1 is 1.64 bits per heavy atom. The number of fused-ring (bicyclic) bond motifs is 1. The molecular weight excluding hydrogens is 164 g/mol. The molecule has 0 bridgehead atoms. The van der Waals surface area contributed by atoms with E-state index in [0.717, 1.165) is 0 Å². The van der Waals surface area contributed by atoms with Crippen LogP contribution >= 0.6 is 11.6 Å². The standard InChI is InChI=1S/C7H4ClN2O/c8-5-1-2-6-7(3-5)10(11)4-9-6/h2-4,10H. The number of hydrogen-bond donors (Lipinski definition) is 1. The molecule has 1 aliphatic heterocycles. The minimum atomic E-state index is -0.0871. The topological polar surface area (TPSA) is 39.9 Å². The van der Waals surface area contributed by atoms with Gasteiger partial charge in [-0.15, -0.1) is 0 Å². The molecule has 55 valence electrons. The first-order valence-electron chi connectivity index (χ1n) is 3.07. The number of aliphatic imine (C=N–C) groups is 1. The number of halogens is 1. The van der Waals surface area contributed by atoms with Gasteiger partial charge in [-0.25, -0.2) is 0 Å². The van der Waals surface area contributed by atoms with E-state index >= 15 is 0 Å². The number of benzene rings is 1. The smallest absolute Gasteiger partial charge is 0.194 e. The fourth-order valence-corrected chi connectivity index (χ4v) is 1.12. The minimum absolute atomic E-state index is 0.0871. The summed E-state index contributed by atoms with van der Waals surface area (Å²) < 4.78 is 0. The van der Waals surface area contributed by atoms with E-state index in [2.05, 4.69) is 11.1 Å². The third-order valence-electron chi connectivity index (χ3n) is 1.48. The van der Waals surface area contributed by atoms with Crippen LogP contribution in [0.4, 0.5) is 11.4 Å². The van der Waals surface area contributed by atoms with Crippen LogP contribution in [0.25, 0.3) is 0 Å². The lowest BCUT2D eigenvalue weighted by Crippen LogP contribution is -2.99. The van der Waals surface area contributed by atoms with Crippen molar-refractivity contribution in [3.8, 4) is 0 Å². The Hall–Kier alpha value is -0.900. The molecule has 1 N–H and O–H groups in total. The third-order valence-corrected chi connectivity index (χ3v) is 1.70. The number of quaternary nitrogens is 1. The zero-order valence-electron chi connectivity index (χ0n) is 5.47. The molecule has 1 radical (unpaired) electrons. The average molecular weight is 168 g/mol. The fraction of sp³-hybridized carbons (Fsp3) is 0. The molecule has 0 aromatic heterocycles. The highest BCUT2D eigenvalue weighted by Crippen LogP contribution is 2.26. The molecule has 0 aliphatic carbocycles. The summed E-state index contributed by atoms with van der Waals surface area (Å²) in [5.74, 6) is 0. The molecule has 1 aromatic carbocycles. The predicted molar refractivity (Wildman–Crippen MR) is 42.4 cm³/mol. The third kappa shape index (κ3) is 1.03. The van der Waals surface area contributed by atoms with E-state index in [4.69, 9.17) is 11.6 Å². The Bertz CT molecular complexity index is 324. The van der Waals surface area contributed by atoms with Crippen LogP contribution in [0.15, 0.2) is 17.1 Å². The lowest BCUT2D eigenvalue weighted by Gasteiger charge is -2.10. The van der Waals surface area contributed by atoms with E-state index in [0.29, 0.717) is 16.4 Å². The van der Waals surface area contributed by atoms with Gasteiger partial charge in [0.05, 0.1) is 5.02 Å². The van der Waals surface area contributed by atoms with Crippen molar-refractivity contribution in [1.29, 1.82) is 0 Å². The molecule has 4 heteroatoms. The first kappa shape index (κ1) is 6.79. The van der Waals surface area contributed by atoms with E-state index in [1.807, 2.05) is 0 Å². The molecular formula is C7H4ClN2O. The molecule has 1 unspecified atom stereocenters. The number of hydrogen-bond acceptors (Lipinski definition) is 2. The SMILES string of the molecule is [O-][NH+]1C=Nc2c[c]c(Cl)cc21. The van der Waals surface area contributed by atoms with Crippen molar-refractivity contribution in [2.24, 2.45) is 4.99 Å². The van der Waals surface area contributed by atoms with Crippen LogP contribution in [0.3, 0.4) is 0 Å². The molecule has 0 amide bonds. The van der Waals surface area contributed by atoms with Gasteiger partial charge in [0.1, 0.15) is 5.69 Å². The summed E-state index contributed by atoms with van der Waals surface area (Å²) >= 11 is 5.63.